The second kappa shape index (κ2) is 8.46. The number of aromatic amines is 1. The van der Waals surface area contributed by atoms with E-state index in [0.29, 0.717) is 0 Å². The zero-order valence-corrected chi connectivity index (χ0v) is 16.7. The summed E-state index contributed by atoms with van der Waals surface area (Å²) in [4.78, 5) is 18.3. The van der Waals surface area contributed by atoms with Gasteiger partial charge in [0.15, 0.2) is 23.1 Å². The van der Waals surface area contributed by atoms with E-state index in [0.717, 1.165) is 18.3 Å². The van der Waals surface area contributed by atoms with Crippen molar-refractivity contribution in [2.75, 3.05) is 25.1 Å². The van der Waals surface area contributed by atoms with Gasteiger partial charge in [0.25, 0.3) is 0 Å². The van der Waals surface area contributed by atoms with Crippen LogP contribution in [0.2, 0.25) is 0 Å². The van der Waals surface area contributed by atoms with Gasteiger partial charge in [-0.3, -0.25) is 0 Å². The van der Waals surface area contributed by atoms with Crippen LogP contribution in [-0.4, -0.2) is 47.6 Å². The van der Waals surface area contributed by atoms with Gasteiger partial charge < -0.3 is 25.1 Å². The minimum Gasteiger partial charge on any atom is -0.450 e. The largest absolute Gasteiger partial charge is 0.450 e. The number of nitrogens with zero attached hydrogens (tertiary/aromatic N) is 1. The van der Waals surface area contributed by atoms with E-state index in [1.54, 1.807) is 0 Å². The molecule has 4 rings (SSSR count). The van der Waals surface area contributed by atoms with Gasteiger partial charge in [0.05, 0.1) is 31.6 Å². The molecule has 13 heteroatoms. The Bertz CT molecular complexity index is 1170. The number of H-pyrrole nitrogens is 1. The van der Waals surface area contributed by atoms with Crippen LogP contribution in [0.5, 0.6) is 11.5 Å². The molecule has 3 heterocycles. The molecule has 1 aliphatic rings. The zero-order valence-electron chi connectivity index (χ0n) is 16.7. The summed E-state index contributed by atoms with van der Waals surface area (Å²) >= 11 is 0. The Balaban J connectivity index is 1.53. The molecule has 3 N–H and O–H groups in total. The fraction of sp³-hybridized carbons (Fsp3) is 0.300. The Hall–Kier alpha value is -3.48. The molecule has 7 nitrogen and oxygen atoms in total. The number of carbonyl (C=O) groups is 1. The van der Waals surface area contributed by atoms with E-state index in [9.17, 15) is 31.1 Å². The Kier molecular flexibility index (Phi) is 5.82. The summed E-state index contributed by atoms with van der Waals surface area (Å²) in [6.45, 7) is -0.687. The van der Waals surface area contributed by atoms with Gasteiger partial charge >= 0.3 is 12.2 Å². The zero-order chi connectivity index (χ0) is 23.8. The third-order valence-electron chi connectivity index (χ3n) is 4.76. The van der Waals surface area contributed by atoms with Crippen LogP contribution < -0.4 is 15.4 Å². The molecule has 2 aromatic heterocycles. The van der Waals surface area contributed by atoms with E-state index in [1.165, 1.54) is 12.3 Å². The summed E-state index contributed by atoms with van der Waals surface area (Å²) in [5.74, 6) is -3.58. The molecule has 1 fully saturated rings. The van der Waals surface area contributed by atoms with E-state index in [2.05, 4.69) is 20.6 Å². The molecule has 0 radical (unpaired) electrons. The number of alkyl halides is 4. The molecule has 3 aromatic rings. The van der Waals surface area contributed by atoms with E-state index < -0.39 is 41.7 Å². The van der Waals surface area contributed by atoms with Crippen LogP contribution in [0.3, 0.4) is 0 Å². The monoisotopic (exact) mass is 474 g/mol. The van der Waals surface area contributed by atoms with Crippen LogP contribution in [0, 0.1) is 11.6 Å². The van der Waals surface area contributed by atoms with Crippen molar-refractivity contribution in [2.24, 2.45) is 0 Å². The maximum atomic E-state index is 14.6. The third-order valence-corrected chi connectivity index (χ3v) is 4.76. The van der Waals surface area contributed by atoms with Crippen LogP contribution >= 0.6 is 0 Å². The highest BCUT2D eigenvalue weighted by Crippen LogP contribution is 2.36. The number of ether oxygens (including phenoxy) is 2. The Morgan fingerprint density at radius 2 is 1.94 bits per heavy atom. The summed E-state index contributed by atoms with van der Waals surface area (Å²) < 4.78 is 91.5. The number of anilines is 1. The lowest BCUT2D eigenvalue weighted by Gasteiger charge is -2.33. The minimum absolute atomic E-state index is 0.0463. The number of hydrogen-bond acceptors (Lipinski definition) is 4. The number of urea groups is 1. The number of nitrogens with one attached hydrogen (secondary N) is 3. The molecule has 0 unspecified atom stereocenters. The van der Waals surface area contributed by atoms with Gasteiger partial charge in [0.2, 0.25) is 0 Å². The van der Waals surface area contributed by atoms with Crippen LogP contribution in [0.25, 0.3) is 11.0 Å². The molecule has 1 aliphatic heterocycles. The molecule has 2 amide bonds. The maximum Gasteiger partial charge on any atom is 0.393 e. The van der Waals surface area contributed by atoms with Gasteiger partial charge in [-0.1, -0.05) is 0 Å². The summed E-state index contributed by atoms with van der Waals surface area (Å²) in [7, 11) is 0. The van der Waals surface area contributed by atoms with E-state index in [1.807, 2.05) is 0 Å². The van der Waals surface area contributed by atoms with Crippen LogP contribution in [0.4, 0.5) is 36.8 Å². The highest BCUT2D eigenvalue weighted by atomic mass is 19.4. The molecule has 0 aliphatic carbocycles. The molecule has 0 bridgehead atoms. The first-order chi connectivity index (χ1) is 15.5. The second-order valence-electron chi connectivity index (χ2n) is 7.46. The topological polar surface area (TPSA) is 88.3 Å². The lowest BCUT2D eigenvalue weighted by atomic mass is 10.1. The number of halogens is 6. The van der Waals surface area contributed by atoms with Crippen molar-refractivity contribution >= 4 is 22.8 Å². The molecule has 0 spiro atoms. The first-order valence-corrected chi connectivity index (χ1v) is 9.53. The normalized spacial score (nSPS) is 15.2. The number of aromatic nitrogens is 2. The van der Waals surface area contributed by atoms with Gasteiger partial charge in [-0.15, -0.1) is 0 Å². The van der Waals surface area contributed by atoms with E-state index in [-0.39, 0.29) is 47.8 Å². The van der Waals surface area contributed by atoms with E-state index >= 15 is 0 Å². The molecular weight excluding hydrogens is 458 g/mol. The Labute approximate surface area is 182 Å². The van der Waals surface area contributed by atoms with Crippen molar-refractivity contribution in [1.82, 2.24) is 15.3 Å². The number of pyridine rings is 1. The lowest BCUT2D eigenvalue weighted by Crippen LogP contribution is -2.54. The molecule has 0 saturated carbocycles. The van der Waals surface area contributed by atoms with Crippen molar-refractivity contribution in [3.05, 3.63) is 47.8 Å². The Morgan fingerprint density at radius 3 is 2.55 bits per heavy atom. The first kappa shape index (κ1) is 22.7. The first-order valence-electron chi connectivity index (χ1n) is 9.53. The third kappa shape index (κ3) is 5.13. The van der Waals surface area contributed by atoms with Crippen molar-refractivity contribution in [3.63, 3.8) is 0 Å². The van der Waals surface area contributed by atoms with Gasteiger partial charge in [-0.05, 0) is 11.6 Å². The number of hydrogen-bond donors (Lipinski definition) is 3. The standard InChI is InChI=1S/C20H16F6N4O3/c21-12-3-11(30-18(31)29-7-19(23)8-32-9-19)4-13(22)16(12)33-14-1-2-27-17-15(14)10(6-28-17)5-20(24,25)26/h1-4,6H,5,7-9H2,(H,27,28)(H2,29,30,31). The quantitative estimate of drug-likeness (QED) is 0.456. The van der Waals surface area contributed by atoms with Gasteiger partial charge in [0, 0.05) is 30.2 Å². The van der Waals surface area contributed by atoms with Crippen LogP contribution in [0.1, 0.15) is 5.56 Å². The number of amides is 2. The minimum atomic E-state index is -4.53. The van der Waals surface area contributed by atoms with Crippen LogP contribution in [-0.2, 0) is 11.2 Å². The summed E-state index contributed by atoms with van der Waals surface area (Å²) in [6, 6.07) is 1.78. The average molecular weight is 474 g/mol. The predicted molar refractivity (Wildman–Crippen MR) is 104 cm³/mol. The summed E-state index contributed by atoms with van der Waals surface area (Å²) in [6.07, 6.45) is -3.54. The highest BCUT2D eigenvalue weighted by Gasteiger charge is 2.39. The molecule has 1 saturated heterocycles. The van der Waals surface area contributed by atoms with Crippen molar-refractivity contribution in [3.8, 4) is 11.5 Å². The highest BCUT2D eigenvalue weighted by molar-refractivity contribution is 5.89. The summed E-state index contributed by atoms with van der Waals surface area (Å²) in [5.41, 5.74) is -2.14. The maximum absolute atomic E-state index is 14.6. The van der Waals surface area contributed by atoms with Crippen molar-refractivity contribution in [1.29, 1.82) is 0 Å². The summed E-state index contributed by atoms with van der Waals surface area (Å²) in [5, 5.41) is 4.31. The smallest absolute Gasteiger partial charge is 0.393 e. The average Bonchev–Trinajstić information content (AvgIpc) is 3.09. The number of rotatable bonds is 6. The SMILES string of the molecule is O=C(NCC1(F)COC1)Nc1cc(F)c(Oc2ccnc3[nH]cc(CC(F)(F)F)c23)c(F)c1. The molecule has 33 heavy (non-hydrogen) atoms. The Morgan fingerprint density at radius 1 is 1.24 bits per heavy atom. The number of fused-ring (bicyclic) bond motifs is 1. The number of benzene rings is 1. The predicted octanol–water partition coefficient (Wildman–Crippen LogP) is 4.60. The van der Waals surface area contributed by atoms with Crippen LogP contribution in [0.15, 0.2) is 30.6 Å². The van der Waals surface area contributed by atoms with E-state index in [4.69, 9.17) is 9.47 Å². The fourth-order valence-corrected chi connectivity index (χ4v) is 3.21. The molecule has 0 atom stereocenters. The lowest BCUT2D eigenvalue weighted by molar-refractivity contribution is -0.127. The van der Waals surface area contributed by atoms with Gasteiger partial charge in [-0.25, -0.2) is 22.9 Å². The fourth-order valence-electron chi connectivity index (χ4n) is 3.21. The number of carbonyl (C=O) groups excluding carboxylic acids is 1. The van der Waals surface area contributed by atoms with Crippen molar-refractivity contribution < 1.29 is 40.6 Å². The molecule has 1 aromatic carbocycles. The van der Waals surface area contributed by atoms with Gasteiger partial charge in [-0.2, -0.15) is 13.2 Å². The second-order valence-corrected chi connectivity index (χ2v) is 7.46. The molecule has 176 valence electrons. The van der Waals surface area contributed by atoms with Crippen molar-refractivity contribution in [2.45, 2.75) is 18.3 Å². The van der Waals surface area contributed by atoms with Gasteiger partial charge in [0.1, 0.15) is 11.4 Å². The molecular formula is C20H16F6N4O3.